The minimum Gasteiger partial charge on any atom is -0.497 e. The van der Waals surface area contributed by atoms with E-state index in [-0.39, 0.29) is 71.3 Å². The first-order chi connectivity index (χ1) is 20.4. The van der Waals surface area contributed by atoms with Gasteiger partial charge in [-0.05, 0) is 41.5 Å². The van der Waals surface area contributed by atoms with E-state index in [4.69, 9.17) is 37.9 Å². The molecule has 2 aliphatic heterocycles. The summed E-state index contributed by atoms with van der Waals surface area (Å²) in [5.41, 5.74) is 1.50. The number of amides is 1. The molecule has 0 saturated heterocycles. The fourth-order valence-corrected chi connectivity index (χ4v) is 4.61. The Kier molecular flexibility index (Phi) is 7.92. The first kappa shape index (κ1) is 28.0. The maximum absolute atomic E-state index is 13.2. The van der Waals surface area contributed by atoms with E-state index >= 15 is 0 Å². The SMILES string of the molecule is COC(=O)c1cc(OC)c2c(c1-c1c(/C=C(\C#N)C(=O)NCc3ccc(OC)cc3)cc(OC)c3c1OCO3)OCO2. The Morgan fingerprint density at radius 2 is 1.45 bits per heavy atom. The lowest BCUT2D eigenvalue weighted by atomic mass is 9.91. The van der Waals surface area contributed by atoms with Gasteiger partial charge in [0, 0.05) is 17.7 Å². The van der Waals surface area contributed by atoms with Crippen molar-refractivity contribution >= 4 is 18.0 Å². The minimum atomic E-state index is -0.697. The lowest BCUT2D eigenvalue weighted by molar-refractivity contribution is -0.117. The lowest BCUT2D eigenvalue weighted by Gasteiger charge is -2.18. The summed E-state index contributed by atoms with van der Waals surface area (Å²) in [7, 11) is 5.67. The summed E-state index contributed by atoms with van der Waals surface area (Å²) in [6.07, 6.45) is 1.37. The third kappa shape index (κ3) is 5.03. The van der Waals surface area contributed by atoms with Crippen molar-refractivity contribution in [2.24, 2.45) is 0 Å². The monoisotopic (exact) mass is 574 g/mol. The average Bonchev–Trinajstić information content (AvgIpc) is 3.72. The van der Waals surface area contributed by atoms with E-state index in [2.05, 4.69) is 5.32 Å². The number of hydrogen-bond acceptors (Lipinski definition) is 11. The standard InChI is InChI=1S/C30H26N2O10/c1-35-19-7-5-16(6-8-19)13-32-29(33)18(12-31)9-17-10-21(36-2)25-27(41-14-39-25)23(17)24-20(30(34)38-4)11-22(37-3)26-28(24)42-15-40-26/h5-11H,13-15H2,1-4H3,(H,32,33)/b18-9+. The normalized spacial score (nSPS) is 12.8. The molecule has 3 aromatic rings. The Labute approximate surface area is 240 Å². The second kappa shape index (κ2) is 11.9. The highest BCUT2D eigenvalue weighted by Gasteiger charge is 2.36. The highest BCUT2D eigenvalue weighted by molar-refractivity contribution is 6.07. The molecule has 3 aromatic carbocycles. The van der Waals surface area contributed by atoms with Crippen molar-refractivity contribution < 1.29 is 47.5 Å². The van der Waals surface area contributed by atoms with Crippen molar-refractivity contribution in [1.29, 1.82) is 5.26 Å². The summed E-state index contributed by atoms with van der Waals surface area (Å²) in [5, 5.41) is 12.7. The van der Waals surface area contributed by atoms with E-state index in [0.29, 0.717) is 16.9 Å². The second-order valence-corrected chi connectivity index (χ2v) is 8.87. The fourth-order valence-electron chi connectivity index (χ4n) is 4.61. The Morgan fingerprint density at radius 1 is 0.857 bits per heavy atom. The fraction of sp³-hybridized carbons (Fsp3) is 0.233. The van der Waals surface area contributed by atoms with Crippen molar-refractivity contribution in [2.45, 2.75) is 6.54 Å². The maximum atomic E-state index is 13.2. The molecule has 0 aromatic heterocycles. The first-order valence-electron chi connectivity index (χ1n) is 12.6. The molecule has 1 amide bonds. The number of nitrogens with zero attached hydrogens (tertiary/aromatic N) is 1. The number of ether oxygens (including phenoxy) is 8. The molecule has 0 radical (unpaired) electrons. The average molecular weight is 575 g/mol. The zero-order chi connectivity index (χ0) is 29.8. The molecule has 2 aliphatic rings. The van der Waals surface area contributed by atoms with Crippen LogP contribution in [-0.2, 0) is 16.1 Å². The molecule has 0 atom stereocenters. The third-order valence-electron chi connectivity index (χ3n) is 6.62. The summed E-state index contributed by atoms with van der Waals surface area (Å²) < 4.78 is 44.2. The van der Waals surface area contributed by atoms with Crippen LogP contribution in [-0.4, -0.2) is 53.9 Å². The van der Waals surface area contributed by atoms with Gasteiger partial charge in [-0.3, -0.25) is 4.79 Å². The molecule has 0 bridgehead atoms. The van der Waals surface area contributed by atoms with Gasteiger partial charge < -0.3 is 43.2 Å². The van der Waals surface area contributed by atoms with Crippen LogP contribution in [0.1, 0.15) is 21.5 Å². The van der Waals surface area contributed by atoms with E-state index in [9.17, 15) is 14.9 Å². The molecule has 2 heterocycles. The van der Waals surface area contributed by atoms with Crippen molar-refractivity contribution in [2.75, 3.05) is 42.0 Å². The number of fused-ring (bicyclic) bond motifs is 2. The number of benzene rings is 3. The highest BCUT2D eigenvalue weighted by Crippen LogP contribution is 2.57. The van der Waals surface area contributed by atoms with Crippen LogP contribution in [0.5, 0.6) is 40.2 Å². The molecular formula is C30H26N2O10. The summed E-state index contributed by atoms with van der Waals surface area (Å²) in [6.45, 7) is -0.104. The number of esters is 1. The Morgan fingerprint density at radius 3 is 2.02 bits per heavy atom. The van der Waals surface area contributed by atoms with Gasteiger partial charge in [0.1, 0.15) is 17.4 Å². The van der Waals surface area contributed by atoms with Crippen LogP contribution in [0.2, 0.25) is 0 Å². The highest BCUT2D eigenvalue weighted by atomic mass is 16.7. The zero-order valence-electron chi connectivity index (χ0n) is 23.2. The Hall–Kier alpha value is -5.57. The summed E-state index contributed by atoms with van der Waals surface area (Å²) >= 11 is 0. The van der Waals surface area contributed by atoms with Gasteiger partial charge in [0.2, 0.25) is 25.1 Å². The molecule has 1 N–H and O–H groups in total. The summed E-state index contributed by atoms with van der Waals surface area (Å²) in [4.78, 5) is 26.2. The number of carbonyl (C=O) groups excluding carboxylic acids is 2. The molecule has 5 rings (SSSR count). The number of hydrogen-bond donors (Lipinski definition) is 1. The maximum Gasteiger partial charge on any atom is 0.338 e. The van der Waals surface area contributed by atoms with E-state index in [1.165, 1.54) is 33.5 Å². The van der Waals surface area contributed by atoms with Crippen molar-refractivity contribution in [3.63, 3.8) is 0 Å². The lowest BCUT2D eigenvalue weighted by Crippen LogP contribution is -2.24. The first-order valence-corrected chi connectivity index (χ1v) is 12.6. The topological polar surface area (TPSA) is 144 Å². The van der Waals surface area contributed by atoms with Crippen molar-refractivity contribution in [1.82, 2.24) is 5.32 Å². The molecule has 0 unspecified atom stereocenters. The van der Waals surface area contributed by atoms with Crippen LogP contribution in [0.3, 0.4) is 0 Å². The van der Waals surface area contributed by atoms with Crippen LogP contribution >= 0.6 is 0 Å². The zero-order valence-corrected chi connectivity index (χ0v) is 23.2. The summed E-state index contributed by atoms with van der Waals surface area (Å²) in [5.74, 6) is 0.832. The van der Waals surface area contributed by atoms with Crippen LogP contribution < -0.4 is 38.5 Å². The number of methoxy groups -OCH3 is 4. The van der Waals surface area contributed by atoms with Crippen molar-refractivity contribution in [3.05, 3.63) is 58.7 Å². The van der Waals surface area contributed by atoms with Gasteiger partial charge in [-0.2, -0.15) is 5.26 Å². The molecule has 12 heteroatoms. The number of rotatable bonds is 9. The van der Waals surface area contributed by atoms with Gasteiger partial charge in [-0.25, -0.2) is 4.79 Å². The van der Waals surface area contributed by atoms with Gasteiger partial charge in [-0.15, -0.1) is 0 Å². The molecule has 42 heavy (non-hydrogen) atoms. The van der Waals surface area contributed by atoms with Gasteiger partial charge in [-0.1, -0.05) is 12.1 Å². The number of carbonyl (C=O) groups is 2. The van der Waals surface area contributed by atoms with Gasteiger partial charge in [0.05, 0.1) is 34.0 Å². The molecule has 216 valence electrons. The number of nitriles is 1. The predicted octanol–water partition coefficient (Wildman–Crippen LogP) is 3.85. The van der Waals surface area contributed by atoms with Crippen LogP contribution in [0.4, 0.5) is 0 Å². The minimum absolute atomic E-state index is 0.0681. The Balaban J connectivity index is 1.66. The largest absolute Gasteiger partial charge is 0.497 e. The Bertz CT molecular complexity index is 1620. The van der Waals surface area contributed by atoms with Crippen LogP contribution in [0.25, 0.3) is 17.2 Å². The van der Waals surface area contributed by atoms with E-state index in [1.807, 2.05) is 6.07 Å². The third-order valence-corrected chi connectivity index (χ3v) is 6.62. The molecule has 0 spiro atoms. The van der Waals surface area contributed by atoms with E-state index < -0.39 is 11.9 Å². The molecule has 0 saturated carbocycles. The van der Waals surface area contributed by atoms with Gasteiger partial charge in [0.25, 0.3) is 5.91 Å². The van der Waals surface area contributed by atoms with E-state index in [1.54, 1.807) is 37.4 Å². The van der Waals surface area contributed by atoms with Crippen LogP contribution in [0.15, 0.2) is 42.0 Å². The summed E-state index contributed by atoms with van der Waals surface area (Å²) in [6, 6.07) is 12.1. The van der Waals surface area contributed by atoms with E-state index in [0.717, 1.165) is 5.56 Å². The van der Waals surface area contributed by atoms with Gasteiger partial charge >= 0.3 is 5.97 Å². The quantitative estimate of drug-likeness (QED) is 0.226. The number of nitrogens with one attached hydrogen (secondary N) is 1. The molecular weight excluding hydrogens is 548 g/mol. The second-order valence-electron chi connectivity index (χ2n) is 8.87. The molecule has 0 fully saturated rings. The van der Waals surface area contributed by atoms with Crippen LogP contribution in [0, 0.1) is 11.3 Å². The predicted molar refractivity (Wildman–Crippen MR) is 147 cm³/mol. The smallest absolute Gasteiger partial charge is 0.338 e. The van der Waals surface area contributed by atoms with Crippen molar-refractivity contribution in [3.8, 4) is 57.4 Å². The van der Waals surface area contributed by atoms with Gasteiger partial charge in [0.15, 0.2) is 23.0 Å². The molecule has 0 aliphatic carbocycles. The molecule has 12 nitrogen and oxygen atoms in total.